The lowest BCUT2D eigenvalue weighted by Gasteiger charge is -2.06. The monoisotopic (exact) mass is 331 g/mol. The molecule has 0 saturated heterocycles. The predicted octanol–water partition coefficient (Wildman–Crippen LogP) is 2.06. The van der Waals surface area contributed by atoms with Gasteiger partial charge in [0.25, 0.3) is 0 Å². The van der Waals surface area contributed by atoms with E-state index in [0.29, 0.717) is 11.4 Å². The van der Waals surface area contributed by atoms with Crippen LogP contribution in [0.25, 0.3) is 0 Å². The van der Waals surface area contributed by atoms with Crippen LogP contribution in [0, 0.1) is 0 Å². The van der Waals surface area contributed by atoms with Crippen molar-refractivity contribution < 1.29 is 0 Å². The molecule has 0 aliphatic rings. The van der Waals surface area contributed by atoms with Gasteiger partial charge in [0.05, 0.1) is 0 Å². The number of guanidine groups is 1. The summed E-state index contributed by atoms with van der Waals surface area (Å²) in [7, 11) is 0. The summed E-state index contributed by atoms with van der Waals surface area (Å²) < 4.78 is 0.986. The van der Waals surface area contributed by atoms with Crippen molar-refractivity contribution in [2.75, 3.05) is 5.73 Å². The number of hydrogen-bond donors (Lipinski definition) is 3. The van der Waals surface area contributed by atoms with Crippen molar-refractivity contribution >= 4 is 33.3 Å². The minimum Gasteiger partial charge on any atom is -0.399 e. The second-order valence-electron chi connectivity index (χ2n) is 4.10. The third-order valence-electron chi connectivity index (χ3n) is 2.57. The van der Waals surface area contributed by atoms with Crippen LogP contribution in [0.1, 0.15) is 11.1 Å². The van der Waals surface area contributed by atoms with Gasteiger partial charge in [-0.2, -0.15) is 0 Å². The van der Waals surface area contributed by atoms with Gasteiger partial charge in [0.2, 0.25) is 5.96 Å². The van der Waals surface area contributed by atoms with Gasteiger partial charge in [-0.25, -0.2) is 0 Å². The first-order valence-electron chi connectivity index (χ1n) is 5.84. The fourth-order valence-corrected chi connectivity index (χ4v) is 1.90. The summed E-state index contributed by atoms with van der Waals surface area (Å²) in [6.45, 7) is 0. The Kier molecular flexibility index (Phi) is 4.37. The van der Waals surface area contributed by atoms with E-state index in [1.807, 2.05) is 36.4 Å². The Labute approximate surface area is 125 Å². The molecule has 0 heterocycles. The highest BCUT2D eigenvalue weighted by Crippen LogP contribution is 2.16. The zero-order valence-electron chi connectivity index (χ0n) is 10.6. The molecule has 0 saturated carbocycles. The van der Waals surface area contributed by atoms with Gasteiger partial charge in [-0.3, -0.25) is 0 Å². The van der Waals surface area contributed by atoms with Crippen molar-refractivity contribution in [1.82, 2.24) is 0 Å². The molecule has 5 nitrogen and oxygen atoms in total. The van der Waals surface area contributed by atoms with E-state index in [4.69, 9.17) is 17.2 Å². The molecule has 0 aliphatic heterocycles. The Bertz CT molecular complexity index is 593. The van der Waals surface area contributed by atoms with Crippen LogP contribution in [-0.4, -0.2) is 11.7 Å². The van der Waals surface area contributed by atoms with Crippen LogP contribution in [0.3, 0.4) is 0 Å². The van der Waals surface area contributed by atoms with Crippen LogP contribution in [0.2, 0.25) is 0 Å². The molecule has 0 spiro atoms. The molecule has 0 bridgehead atoms. The minimum atomic E-state index is -0.0879. The molecule has 0 unspecified atom stereocenters. The van der Waals surface area contributed by atoms with Crippen LogP contribution >= 0.6 is 15.9 Å². The summed E-state index contributed by atoms with van der Waals surface area (Å²) in [4.78, 5) is 0. The molecule has 0 fully saturated rings. The summed E-state index contributed by atoms with van der Waals surface area (Å²) in [6, 6.07) is 15.1. The first kappa shape index (κ1) is 14.1. The van der Waals surface area contributed by atoms with Gasteiger partial charge in [0.15, 0.2) is 0 Å². The summed E-state index contributed by atoms with van der Waals surface area (Å²) in [6.07, 6.45) is 0. The zero-order chi connectivity index (χ0) is 14.5. The third kappa shape index (κ3) is 3.58. The largest absolute Gasteiger partial charge is 0.399 e. The molecule has 0 radical (unpaired) electrons. The lowest BCUT2D eigenvalue weighted by molar-refractivity contribution is 1.20. The topological polar surface area (TPSA) is 103 Å². The van der Waals surface area contributed by atoms with E-state index in [2.05, 4.69) is 26.1 Å². The van der Waals surface area contributed by atoms with Crippen molar-refractivity contribution in [2.45, 2.75) is 0 Å². The van der Waals surface area contributed by atoms with Gasteiger partial charge in [0, 0.05) is 21.3 Å². The number of nitrogen functional groups attached to an aromatic ring is 1. The van der Waals surface area contributed by atoms with Gasteiger partial charge < -0.3 is 17.2 Å². The number of rotatable bonds is 3. The Morgan fingerprint density at radius 1 is 0.800 bits per heavy atom. The van der Waals surface area contributed by atoms with Gasteiger partial charge in [-0.15, -0.1) is 10.2 Å². The standard InChI is InChI=1S/C14H14BrN5/c15-11-5-1-9(2-6-11)13(19-20-14(17)18)10-3-7-12(16)8-4-10/h1-8H,16H2,(H4,17,18,20)/b19-13+. The minimum absolute atomic E-state index is 0.0879. The Morgan fingerprint density at radius 3 is 1.80 bits per heavy atom. The quantitative estimate of drug-likeness (QED) is 0.347. The highest BCUT2D eigenvalue weighted by molar-refractivity contribution is 9.10. The van der Waals surface area contributed by atoms with E-state index in [0.717, 1.165) is 15.6 Å². The highest BCUT2D eigenvalue weighted by Gasteiger charge is 2.07. The summed E-state index contributed by atoms with van der Waals surface area (Å²) >= 11 is 3.40. The second-order valence-corrected chi connectivity index (χ2v) is 5.02. The molecule has 6 heteroatoms. The van der Waals surface area contributed by atoms with E-state index in [9.17, 15) is 0 Å². The van der Waals surface area contributed by atoms with Crippen LogP contribution in [0.5, 0.6) is 0 Å². The SMILES string of the molecule is NC(N)=N/N=C(/c1ccc(N)cc1)c1ccc(Br)cc1. The van der Waals surface area contributed by atoms with Crippen molar-refractivity contribution in [1.29, 1.82) is 0 Å². The maximum Gasteiger partial charge on any atom is 0.211 e. The van der Waals surface area contributed by atoms with Crippen molar-refractivity contribution in [3.8, 4) is 0 Å². The van der Waals surface area contributed by atoms with Crippen molar-refractivity contribution in [3.05, 3.63) is 64.1 Å². The van der Waals surface area contributed by atoms with Crippen LogP contribution in [0.4, 0.5) is 5.69 Å². The van der Waals surface area contributed by atoms with Gasteiger partial charge in [0.1, 0.15) is 5.71 Å². The third-order valence-corrected chi connectivity index (χ3v) is 3.10. The van der Waals surface area contributed by atoms with Crippen LogP contribution in [-0.2, 0) is 0 Å². The predicted molar refractivity (Wildman–Crippen MR) is 86.4 cm³/mol. The zero-order valence-corrected chi connectivity index (χ0v) is 12.2. The molecule has 0 aliphatic carbocycles. The number of nitrogens with zero attached hydrogens (tertiary/aromatic N) is 2. The molecular weight excluding hydrogens is 318 g/mol. The Balaban J connectivity index is 2.50. The van der Waals surface area contributed by atoms with E-state index in [1.54, 1.807) is 12.1 Å². The van der Waals surface area contributed by atoms with Gasteiger partial charge >= 0.3 is 0 Å². The normalized spacial score (nSPS) is 11.2. The Morgan fingerprint density at radius 2 is 1.30 bits per heavy atom. The molecule has 0 aromatic heterocycles. The molecule has 102 valence electrons. The highest BCUT2D eigenvalue weighted by atomic mass is 79.9. The maximum absolute atomic E-state index is 5.69. The molecule has 0 amide bonds. The van der Waals surface area contributed by atoms with Crippen molar-refractivity contribution in [3.63, 3.8) is 0 Å². The van der Waals surface area contributed by atoms with E-state index < -0.39 is 0 Å². The maximum atomic E-state index is 5.69. The average molecular weight is 332 g/mol. The molecule has 2 aromatic rings. The van der Waals surface area contributed by atoms with Crippen molar-refractivity contribution in [2.24, 2.45) is 21.7 Å². The molecule has 2 rings (SSSR count). The van der Waals surface area contributed by atoms with E-state index in [1.165, 1.54) is 0 Å². The number of hydrogen-bond acceptors (Lipinski definition) is 3. The summed E-state index contributed by atoms with van der Waals surface area (Å²) in [5.74, 6) is -0.0879. The van der Waals surface area contributed by atoms with Gasteiger partial charge in [-0.05, 0) is 24.3 Å². The number of anilines is 1. The number of halogens is 1. The summed E-state index contributed by atoms with van der Waals surface area (Å²) in [5, 5.41) is 7.86. The number of nitrogens with two attached hydrogens (primary N) is 3. The lowest BCUT2D eigenvalue weighted by Crippen LogP contribution is -2.22. The van der Waals surface area contributed by atoms with E-state index in [-0.39, 0.29) is 5.96 Å². The van der Waals surface area contributed by atoms with Crippen LogP contribution in [0.15, 0.2) is 63.2 Å². The lowest BCUT2D eigenvalue weighted by atomic mass is 10.0. The second kappa shape index (κ2) is 6.21. The van der Waals surface area contributed by atoms with Crippen LogP contribution < -0.4 is 17.2 Å². The molecule has 6 N–H and O–H groups in total. The molecular formula is C14H14BrN5. The molecule has 0 atom stereocenters. The summed E-state index contributed by atoms with van der Waals surface area (Å²) in [5.41, 5.74) is 19.5. The van der Waals surface area contributed by atoms with Gasteiger partial charge in [-0.1, -0.05) is 40.2 Å². The first-order valence-corrected chi connectivity index (χ1v) is 6.64. The first-order chi connectivity index (χ1) is 9.56. The fraction of sp³-hybridized carbons (Fsp3) is 0. The average Bonchev–Trinajstić information content (AvgIpc) is 2.42. The smallest absolute Gasteiger partial charge is 0.211 e. The Hall–Kier alpha value is -2.34. The fourth-order valence-electron chi connectivity index (χ4n) is 1.64. The van der Waals surface area contributed by atoms with E-state index >= 15 is 0 Å². The number of benzene rings is 2. The molecule has 20 heavy (non-hydrogen) atoms. The molecule has 2 aromatic carbocycles.